The van der Waals surface area contributed by atoms with E-state index in [1.807, 2.05) is 33.8 Å². The molecule has 1 atom stereocenters. The van der Waals surface area contributed by atoms with Gasteiger partial charge in [0.05, 0.1) is 20.9 Å². The van der Waals surface area contributed by atoms with E-state index in [1.165, 1.54) is 15.6 Å². The van der Waals surface area contributed by atoms with Gasteiger partial charge >= 0.3 is 0 Å². The van der Waals surface area contributed by atoms with Crippen LogP contribution in [-0.2, 0) is 20.4 Å². The van der Waals surface area contributed by atoms with Gasteiger partial charge in [-0.15, -0.1) is 11.3 Å². The van der Waals surface area contributed by atoms with E-state index in [4.69, 9.17) is 0 Å². The van der Waals surface area contributed by atoms with Gasteiger partial charge in [-0.25, -0.2) is 13.1 Å². The fraction of sp³-hybridized carbons (Fsp3) is 0.556. The topological polar surface area (TPSA) is 84.3 Å². The van der Waals surface area contributed by atoms with Crippen molar-refractivity contribution in [3.63, 3.8) is 0 Å². The van der Waals surface area contributed by atoms with Crippen molar-refractivity contribution >= 4 is 49.0 Å². The number of aromatic nitrogens is 2. The Labute approximate surface area is 178 Å². The molecule has 1 aliphatic heterocycles. The summed E-state index contributed by atoms with van der Waals surface area (Å²) in [6, 6.07) is 5.16. The predicted molar refractivity (Wildman–Crippen MR) is 114 cm³/mol. The van der Waals surface area contributed by atoms with Gasteiger partial charge in [0.25, 0.3) is 10.0 Å². The minimum atomic E-state index is -3.58. The number of nitrogens with one attached hydrogen (secondary N) is 1. The van der Waals surface area contributed by atoms with E-state index < -0.39 is 15.9 Å². The van der Waals surface area contributed by atoms with E-state index in [-0.39, 0.29) is 18.0 Å². The zero-order valence-electron chi connectivity index (χ0n) is 16.4. The molecule has 0 aromatic carbocycles. The maximum absolute atomic E-state index is 12.9. The van der Waals surface area contributed by atoms with Crippen molar-refractivity contribution in [2.45, 2.75) is 50.3 Å². The number of thiophene rings is 1. The van der Waals surface area contributed by atoms with Crippen LogP contribution in [0.3, 0.4) is 0 Å². The SMILES string of the molecule is Cc1cc(NC(=O)C2CCCN(S(=O)(=O)c3ccc(Br)s3)C2)n(C(C)(C)C)n1. The molecule has 0 radical (unpaired) electrons. The number of amides is 1. The molecule has 0 spiro atoms. The summed E-state index contributed by atoms with van der Waals surface area (Å²) in [6.45, 7) is 8.55. The Bertz CT molecular complexity index is 975. The fourth-order valence-corrected chi connectivity index (χ4v) is 6.95. The molecule has 7 nitrogen and oxygen atoms in total. The Morgan fingerprint density at radius 1 is 1.36 bits per heavy atom. The highest BCUT2D eigenvalue weighted by Gasteiger charge is 2.34. The van der Waals surface area contributed by atoms with Crippen LogP contribution in [0, 0.1) is 12.8 Å². The van der Waals surface area contributed by atoms with Crippen LogP contribution in [0.25, 0.3) is 0 Å². The molecule has 28 heavy (non-hydrogen) atoms. The lowest BCUT2D eigenvalue weighted by molar-refractivity contribution is -0.120. The third-order valence-corrected chi connectivity index (χ3v) is 8.57. The number of carbonyl (C=O) groups excluding carboxylic acids is 1. The summed E-state index contributed by atoms with van der Waals surface area (Å²) in [5.41, 5.74) is 0.548. The van der Waals surface area contributed by atoms with E-state index in [2.05, 4.69) is 26.3 Å². The minimum absolute atomic E-state index is 0.169. The maximum Gasteiger partial charge on any atom is 0.252 e. The van der Waals surface area contributed by atoms with Gasteiger partial charge in [-0.2, -0.15) is 9.40 Å². The third kappa shape index (κ3) is 4.50. The Morgan fingerprint density at radius 2 is 2.07 bits per heavy atom. The highest BCUT2D eigenvalue weighted by atomic mass is 79.9. The molecule has 0 saturated carbocycles. The van der Waals surface area contributed by atoms with E-state index in [1.54, 1.807) is 16.8 Å². The Balaban J connectivity index is 1.75. The Kier molecular flexibility index (Phi) is 6.05. The van der Waals surface area contributed by atoms with Gasteiger partial charge in [0.15, 0.2) is 0 Å². The second-order valence-electron chi connectivity index (χ2n) is 8.00. The van der Waals surface area contributed by atoms with Crippen molar-refractivity contribution in [1.29, 1.82) is 0 Å². The van der Waals surface area contributed by atoms with E-state index in [0.717, 1.165) is 9.48 Å². The lowest BCUT2D eigenvalue weighted by Gasteiger charge is -2.31. The molecule has 3 heterocycles. The zero-order valence-corrected chi connectivity index (χ0v) is 19.6. The first-order valence-corrected chi connectivity index (χ1v) is 12.2. The highest BCUT2D eigenvalue weighted by molar-refractivity contribution is 9.11. The number of nitrogens with zero attached hydrogens (tertiary/aromatic N) is 3. The van der Waals surface area contributed by atoms with Gasteiger partial charge in [0.1, 0.15) is 10.0 Å². The van der Waals surface area contributed by atoms with Crippen molar-refractivity contribution in [2.24, 2.45) is 5.92 Å². The van der Waals surface area contributed by atoms with Crippen LogP contribution in [0.1, 0.15) is 39.3 Å². The number of carbonyl (C=O) groups is 1. The summed E-state index contributed by atoms with van der Waals surface area (Å²) in [7, 11) is -3.58. The average molecular weight is 489 g/mol. The quantitative estimate of drug-likeness (QED) is 0.708. The van der Waals surface area contributed by atoms with E-state index in [0.29, 0.717) is 29.4 Å². The average Bonchev–Trinajstić information content (AvgIpc) is 3.21. The number of halogens is 1. The smallest absolute Gasteiger partial charge is 0.252 e. The third-order valence-electron chi connectivity index (χ3n) is 4.62. The number of piperidine rings is 1. The molecule has 0 aliphatic carbocycles. The molecule has 2 aromatic heterocycles. The van der Waals surface area contributed by atoms with Crippen LogP contribution in [0.5, 0.6) is 0 Å². The minimum Gasteiger partial charge on any atom is -0.311 e. The molecule has 3 rings (SSSR count). The standard InChI is InChI=1S/C18H25BrN4O3S2/c1-12-10-15(23(21-12)18(2,3)4)20-17(24)13-6-5-9-22(11-13)28(25,26)16-8-7-14(19)27-16/h7-8,10,13H,5-6,9,11H2,1-4H3,(H,20,24). The first kappa shape index (κ1) is 21.5. The first-order valence-electron chi connectivity index (χ1n) is 9.12. The lowest BCUT2D eigenvalue weighted by atomic mass is 9.99. The summed E-state index contributed by atoms with van der Waals surface area (Å²) in [4.78, 5) is 12.9. The molecular weight excluding hydrogens is 464 g/mol. The highest BCUT2D eigenvalue weighted by Crippen LogP contribution is 2.31. The zero-order chi connectivity index (χ0) is 20.7. The van der Waals surface area contributed by atoms with Gasteiger partial charge in [0.2, 0.25) is 5.91 Å². The number of aryl methyl sites for hydroxylation is 1. The van der Waals surface area contributed by atoms with Crippen LogP contribution >= 0.6 is 27.3 Å². The Hall–Kier alpha value is -1.23. The molecule has 1 amide bonds. The molecule has 0 bridgehead atoms. The van der Waals surface area contributed by atoms with Crippen LogP contribution < -0.4 is 5.32 Å². The normalized spacial score (nSPS) is 19.0. The molecule has 1 saturated heterocycles. The number of hydrogen-bond donors (Lipinski definition) is 1. The van der Waals surface area contributed by atoms with Gasteiger partial charge in [-0.05, 0) is 68.6 Å². The van der Waals surface area contributed by atoms with Crippen molar-refractivity contribution in [2.75, 3.05) is 18.4 Å². The molecule has 1 unspecified atom stereocenters. The summed E-state index contributed by atoms with van der Waals surface area (Å²) < 4.78 is 30.0. The lowest BCUT2D eigenvalue weighted by Crippen LogP contribution is -2.43. The van der Waals surface area contributed by atoms with Crippen LogP contribution in [0.2, 0.25) is 0 Å². The van der Waals surface area contributed by atoms with Gasteiger partial charge in [-0.1, -0.05) is 0 Å². The molecule has 10 heteroatoms. The summed E-state index contributed by atoms with van der Waals surface area (Å²) in [5.74, 6) is 0.0744. The number of hydrogen-bond acceptors (Lipinski definition) is 5. The fourth-order valence-electron chi connectivity index (χ4n) is 3.27. The largest absolute Gasteiger partial charge is 0.311 e. The van der Waals surface area contributed by atoms with Crippen molar-refractivity contribution in [3.8, 4) is 0 Å². The van der Waals surface area contributed by atoms with Gasteiger partial charge < -0.3 is 5.32 Å². The van der Waals surface area contributed by atoms with Crippen LogP contribution in [0.15, 0.2) is 26.2 Å². The molecular formula is C18H25BrN4O3S2. The molecule has 154 valence electrons. The van der Waals surface area contributed by atoms with Gasteiger partial charge in [-0.3, -0.25) is 4.79 Å². The van der Waals surface area contributed by atoms with Crippen molar-refractivity contribution < 1.29 is 13.2 Å². The van der Waals surface area contributed by atoms with Crippen LogP contribution in [0.4, 0.5) is 5.82 Å². The van der Waals surface area contributed by atoms with Crippen molar-refractivity contribution in [1.82, 2.24) is 14.1 Å². The Morgan fingerprint density at radius 3 is 2.68 bits per heavy atom. The molecule has 1 N–H and O–H groups in total. The summed E-state index contributed by atoms with van der Waals surface area (Å²) >= 11 is 4.49. The molecule has 1 aliphatic rings. The number of sulfonamides is 1. The van der Waals surface area contributed by atoms with Gasteiger partial charge in [0, 0.05) is 19.2 Å². The van der Waals surface area contributed by atoms with Crippen LogP contribution in [-0.4, -0.2) is 41.5 Å². The molecule has 1 fully saturated rings. The summed E-state index contributed by atoms with van der Waals surface area (Å²) in [6.07, 6.45) is 1.32. The van der Waals surface area contributed by atoms with E-state index in [9.17, 15) is 13.2 Å². The monoisotopic (exact) mass is 488 g/mol. The predicted octanol–water partition coefficient (Wildman–Crippen LogP) is 3.81. The maximum atomic E-state index is 12.9. The number of anilines is 1. The first-order chi connectivity index (χ1) is 13.0. The van der Waals surface area contributed by atoms with E-state index >= 15 is 0 Å². The second-order valence-corrected chi connectivity index (χ2v) is 12.6. The summed E-state index contributed by atoms with van der Waals surface area (Å²) in [5, 5.41) is 7.43. The van der Waals surface area contributed by atoms with Crippen molar-refractivity contribution in [3.05, 3.63) is 27.7 Å². The molecule has 2 aromatic rings. The second kappa shape index (κ2) is 7.89. The number of rotatable bonds is 4.